The maximum Gasteiger partial charge on any atom is 0.230 e. The van der Waals surface area contributed by atoms with Crippen molar-refractivity contribution < 1.29 is 4.74 Å². The third kappa shape index (κ3) is 4.86. The number of hydrogen-bond donors (Lipinski definition) is 0. The molecule has 3 rings (SSSR count). The van der Waals surface area contributed by atoms with Gasteiger partial charge in [0.25, 0.3) is 0 Å². The Bertz CT molecular complexity index is 714. The van der Waals surface area contributed by atoms with E-state index in [0.717, 1.165) is 38.7 Å². The van der Waals surface area contributed by atoms with E-state index in [1.54, 1.807) is 0 Å². The topological polar surface area (TPSA) is 57.6 Å². The van der Waals surface area contributed by atoms with Crippen LogP contribution in [0.25, 0.3) is 0 Å². The quantitative estimate of drug-likeness (QED) is 0.774. The minimum atomic E-state index is 0.256. The monoisotopic (exact) mass is 370 g/mol. The minimum absolute atomic E-state index is 0.256. The first-order chi connectivity index (χ1) is 12.9. The van der Waals surface area contributed by atoms with Crippen LogP contribution in [0.2, 0.25) is 0 Å². The van der Waals surface area contributed by atoms with Crippen molar-refractivity contribution in [3.8, 4) is 0 Å². The van der Waals surface area contributed by atoms with Gasteiger partial charge >= 0.3 is 0 Å². The highest BCUT2D eigenvalue weighted by Gasteiger charge is 2.15. The van der Waals surface area contributed by atoms with Gasteiger partial charge in [-0.25, -0.2) is 0 Å². The molecule has 0 amide bonds. The molecule has 1 aliphatic heterocycles. The fraction of sp³-hybridized carbons (Fsp3) is 0.550. The van der Waals surface area contributed by atoms with Crippen LogP contribution >= 0.6 is 0 Å². The molecule has 0 saturated carbocycles. The fourth-order valence-electron chi connectivity index (χ4n) is 2.98. The van der Waals surface area contributed by atoms with Crippen molar-refractivity contribution in [1.82, 2.24) is 15.0 Å². The molecule has 7 heteroatoms. The minimum Gasteiger partial charge on any atom is -0.378 e. The maximum atomic E-state index is 5.43. The van der Waals surface area contributed by atoms with E-state index in [1.807, 2.05) is 26.0 Å². The molecule has 0 atom stereocenters. The SMILES string of the molecule is CC(C)c1nc(N(C)C)nc(N(C)Cc2ccc(N3CCOCC3)cc2)n1. The molecular weight excluding hydrogens is 340 g/mol. The molecule has 0 spiro atoms. The number of benzene rings is 1. The van der Waals surface area contributed by atoms with E-state index >= 15 is 0 Å². The largest absolute Gasteiger partial charge is 0.378 e. The average Bonchev–Trinajstić information content (AvgIpc) is 2.68. The lowest BCUT2D eigenvalue weighted by Crippen LogP contribution is -2.36. The van der Waals surface area contributed by atoms with Gasteiger partial charge in [-0.15, -0.1) is 0 Å². The van der Waals surface area contributed by atoms with Gasteiger partial charge in [0, 0.05) is 52.4 Å². The van der Waals surface area contributed by atoms with Gasteiger partial charge in [0.05, 0.1) is 13.2 Å². The zero-order valence-corrected chi connectivity index (χ0v) is 17.0. The molecule has 7 nitrogen and oxygen atoms in total. The zero-order valence-electron chi connectivity index (χ0n) is 17.0. The lowest BCUT2D eigenvalue weighted by Gasteiger charge is -2.29. The summed E-state index contributed by atoms with van der Waals surface area (Å²) >= 11 is 0. The van der Waals surface area contributed by atoms with Gasteiger partial charge in [-0.2, -0.15) is 15.0 Å². The van der Waals surface area contributed by atoms with Crippen LogP contribution < -0.4 is 14.7 Å². The summed E-state index contributed by atoms with van der Waals surface area (Å²) < 4.78 is 5.43. The van der Waals surface area contributed by atoms with Crippen LogP contribution in [-0.2, 0) is 11.3 Å². The van der Waals surface area contributed by atoms with Crippen LogP contribution in [0.3, 0.4) is 0 Å². The van der Waals surface area contributed by atoms with Crippen LogP contribution in [0.4, 0.5) is 17.6 Å². The Balaban J connectivity index is 1.73. The normalized spacial score (nSPS) is 14.5. The highest BCUT2D eigenvalue weighted by Crippen LogP contribution is 2.20. The van der Waals surface area contributed by atoms with Crippen LogP contribution in [0.15, 0.2) is 24.3 Å². The summed E-state index contributed by atoms with van der Waals surface area (Å²) in [6.45, 7) is 8.46. The van der Waals surface area contributed by atoms with Crippen molar-refractivity contribution in [1.29, 1.82) is 0 Å². The molecule has 1 aliphatic rings. The lowest BCUT2D eigenvalue weighted by molar-refractivity contribution is 0.122. The number of anilines is 3. The van der Waals surface area contributed by atoms with E-state index in [9.17, 15) is 0 Å². The fourth-order valence-corrected chi connectivity index (χ4v) is 2.98. The Morgan fingerprint density at radius 2 is 1.59 bits per heavy atom. The maximum absolute atomic E-state index is 5.43. The first-order valence-corrected chi connectivity index (χ1v) is 9.50. The standard InChI is InChI=1S/C20H30N6O/c1-15(2)18-21-19(24(3)4)23-20(22-18)25(5)14-16-6-8-17(9-7-16)26-10-12-27-13-11-26/h6-9,15H,10-14H2,1-5H3. The average molecular weight is 371 g/mol. The third-order valence-electron chi connectivity index (χ3n) is 4.62. The second-order valence-corrected chi connectivity index (χ2v) is 7.46. The summed E-state index contributed by atoms with van der Waals surface area (Å²) in [6, 6.07) is 8.73. The van der Waals surface area contributed by atoms with E-state index in [4.69, 9.17) is 4.74 Å². The smallest absolute Gasteiger partial charge is 0.230 e. The van der Waals surface area contributed by atoms with Crippen LogP contribution in [0.5, 0.6) is 0 Å². The molecule has 2 aromatic rings. The van der Waals surface area contributed by atoms with Crippen molar-refractivity contribution in [2.24, 2.45) is 0 Å². The predicted octanol–water partition coefficient (Wildman–Crippen LogP) is 2.53. The van der Waals surface area contributed by atoms with Crippen molar-refractivity contribution in [2.45, 2.75) is 26.3 Å². The molecule has 1 saturated heterocycles. The molecule has 1 fully saturated rings. The molecule has 146 valence electrons. The molecule has 1 aromatic carbocycles. The summed E-state index contributed by atoms with van der Waals surface area (Å²) in [5, 5.41) is 0. The van der Waals surface area contributed by atoms with Crippen LogP contribution in [0.1, 0.15) is 31.2 Å². The van der Waals surface area contributed by atoms with E-state index in [0.29, 0.717) is 11.9 Å². The summed E-state index contributed by atoms with van der Waals surface area (Å²) in [5.41, 5.74) is 2.48. The highest BCUT2D eigenvalue weighted by molar-refractivity contribution is 5.48. The van der Waals surface area contributed by atoms with Gasteiger partial charge in [-0.1, -0.05) is 26.0 Å². The number of nitrogens with zero attached hydrogens (tertiary/aromatic N) is 6. The zero-order chi connectivity index (χ0) is 19.4. The van der Waals surface area contributed by atoms with E-state index in [-0.39, 0.29) is 5.92 Å². The van der Waals surface area contributed by atoms with Crippen molar-refractivity contribution in [3.63, 3.8) is 0 Å². The number of aromatic nitrogens is 3. The van der Waals surface area contributed by atoms with Crippen molar-refractivity contribution in [2.75, 3.05) is 62.1 Å². The Morgan fingerprint density at radius 3 is 2.19 bits per heavy atom. The molecule has 2 heterocycles. The number of hydrogen-bond acceptors (Lipinski definition) is 7. The first-order valence-electron chi connectivity index (χ1n) is 9.50. The highest BCUT2D eigenvalue weighted by atomic mass is 16.5. The summed E-state index contributed by atoms with van der Waals surface area (Å²) in [6.07, 6.45) is 0. The first kappa shape index (κ1) is 19.4. The van der Waals surface area contributed by atoms with Gasteiger partial charge in [-0.05, 0) is 17.7 Å². The van der Waals surface area contributed by atoms with Crippen LogP contribution in [0, 0.1) is 0 Å². The van der Waals surface area contributed by atoms with Gasteiger partial charge in [0.15, 0.2) is 0 Å². The Kier molecular flexibility index (Phi) is 6.11. The third-order valence-corrected chi connectivity index (χ3v) is 4.62. The predicted molar refractivity (Wildman–Crippen MR) is 110 cm³/mol. The molecule has 0 N–H and O–H groups in total. The Morgan fingerprint density at radius 1 is 0.963 bits per heavy atom. The number of ether oxygens (including phenoxy) is 1. The molecule has 0 bridgehead atoms. The summed E-state index contributed by atoms with van der Waals surface area (Å²) in [4.78, 5) is 20.2. The molecule has 0 aliphatic carbocycles. The second kappa shape index (κ2) is 8.52. The van der Waals surface area contributed by atoms with Crippen LogP contribution in [-0.4, -0.2) is 62.4 Å². The second-order valence-electron chi connectivity index (χ2n) is 7.46. The van der Waals surface area contributed by atoms with E-state index in [1.165, 1.54) is 11.3 Å². The van der Waals surface area contributed by atoms with Gasteiger partial charge in [0.1, 0.15) is 5.82 Å². The molecule has 0 unspecified atom stereocenters. The van der Waals surface area contributed by atoms with Gasteiger partial charge in [0.2, 0.25) is 11.9 Å². The van der Waals surface area contributed by atoms with Crippen molar-refractivity contribution >= 4 is 17.6 Å². The lowest BCUT2D eigenvalue weighted by atomic mass is 10.2. The summed E-state index contributed by atoms with van der Waals surface area (Å²) in [5.74, 6) is 2.47. The van der Waals surface area contributed by atoms with Gasteiger partial charge < -0.3 is 19.4 Å². The van der Waals surface area contributed by atoms with Crippen molar-refractivity contribution in [3.05, 3.63) is 35.7 Å². The Labute approximate surface area is 162 Å². The number of morpholine rings is 1. The molecule has 1 aromatic heterocycles. The van der Waals surface area contributed by atoms with E-state index < -0.39 is 0 Å². The van der Waals surface area contributed by atoms with Gasteiger partial charge in [-0.3, -0.25) is 0 Å². The summed E-state index contributed by atoms with van der Waals surface area (Å²) in [7, 11) is 5.93. The molecule has 0 radical (unpaired) electrons. The number of rotatable bonds is 6. The Hall–Kier alpha value is -2.41. The molecular formula is C20H30N6O. The van der Waals surface area contributed by atoms with E-state index in [2.05, 4.69) is 62.9 Å². The molecule has 27 heavy (non-hydrogen) atoms.